The highest BCUT2D eigenvalue weighted by Crippen LogP contribution is 2.40. The molecule has 1 aliphatic carbocycles. The maximum atomic E-state index is 13.2. The summed E-state index contributed by atoms with van der Waals surface area (Å²) in [6, 6.07) is 15.6. The first kappa shape index (κ1) is 14.9. The summed E-state index contributed by atoms with van der Waals surface area (Å²) >= 11 is 0. The third-order valence-electron chi connectivity index (χ3n) is 5.07. The summed E-state index contributed by atoms with van der Waals surface area (Å²) in [6.45, 7) is 2.32. The van der Waals surface area contributed by atoms with Crippen molar-refractivity contribution in [3.05, 3.63) is 70.8 Å². The van der Waals surface area contributed by atoms with Crippen LogP contribution in [0.2, 0.25) is 0 Å². The van der Waals surface area contributed by atoms with E-state index in [1.807, 2.05) is 49.4 Å². The highest BCUT2D eigenvalue weighted by atomic mass is 16.2. The van der Waals surface area contributed by atoms with E-state index in [2.05, 4.69) is 11.4 Å². The van der Waals surface area contributed by atoms with Crippen LogP contribution in [0.25, 0.3) is 0 Å². The van der Waals surface area contributed by atoms with Crippen molar-refractivity contribution in [3.8, 4) is 0 Å². The Morgan fingerprint density at radius 1 is 1.12 bits per heavy atom. The minimum Gasteiger partial charge on any atom is -0.319 e. The van der Waals surface area contributed by atoms with Crippen molar-refractivity contribution >= 4 is 11.9 Å². The van der Waals surface area contributed by atoms with Crippen molar-refractivity contribution in [1.82, 2.24) is 10.2 Å². The highest BCUT2D eigenvalue weighted by molar-refractivity contribution is 6.07. The summed E-state index contributed by atoms with van der Waals surface area (Å²) in [4.78, 5) is 27.1. The first-order chi connectivity index (χ1) is 11.6. The average molecular weight is 320 g/mol. The fourth-order valence-corrected chi connectivity index (χ4v) is 3.95. The lowest BCUT2D eigenvalue weighted by Crippen LogP contribution is -2.46. The number of rotatable bonds is 2. The molecule has 3 amide bonds. The normalized spacial score (nSPS) is 22.6. The van der Waals surface area contributed by atoms with Gasteiger partial charge >= 0.3 is 6.03 Å². The number of carbonyl (C=O) groups is 2. The number of hydrogen-bond acceptors (Lipinski definition) is 2. The van der Waals surface area contributed by atoms with Crippen molar-refractivity contribution in [3.63, 3.8) is 0 Å². The summed E-state index contributed by atoms with van der Waals surface area (Å²) in [5.41, 5.74) is 3.34. The summed E-state index contributed by atoms with van der Waals surface area (Å²) < 4.78 is 0. The van der Waals surface area contributed by atoms with E-state index in [4.69, 9.17) is 0 Å². The average Bonchev–Trinajstić information content (AvgIpc) is 2.80. The fraction of sp³-hybridized carbons (Fsp3) is 0.300. The highest BCUT2D eigenvalue weighted by Gasteiger charge is 2.53. The first-order valence-corrected chi connectivity index (χ1v) is 8.38. The molecule has 1 N–H and O–H groups in total. The van der Waals surface area contributed by atoms with Crippen LogP contribution in [0.4, 0.5) is 4.79 Å². The Hall–Kier alpha value is -2.62. The quantitative estimate of drug-likeness (QED) is 0.863. The number of carbonyl (C=O) groups excluding carboxylic acids is 2. The summed E-state index contributed by atoms with van der Waals surface area (Å²) in [5.74, 6) is -0.124. The lowest BCUT2D eigenvalue weighted by atomic mass is 9.76. The van der Waals surface area contributed by atoms with E-state index >= 15 is 0 Å². The van der Waals surface area contributed by atoms with Gasteiger partial charge in [-0.25, -0.2) is 4.79 Å². The van der Waals surface area contributed by atoms with Crippen molar-refractivity contribution in [2.24, 2.45) is 0 Å². The number of fused-ring (bicyclic) bond motifs is 2. The predicted molar refractivity (Wildman–Crippen MR) is 91.3 cm³/mol. The van der Waals surface area contributed by atoms with Gasteiger partial charge in [0, 0.05) is 0 Å². The molecule has 1 aliphatic heterocycles. The maximum Gasteiger partial charge on any atom is 0.325 e. The number of urea groups is 1. The molecule has 1 saturated heterocycles. The van der Waals surface area contributed by atoms with E-state index in [1.165, 1.54) is 4.90 Å². The van der Waals surface area contributed by atoms with Gasteiger partial charge in [0.2, 0.25) is 0 Å². The van der Waals surface area contributed by atoms with Crippen LogP contribution in [0.1, 0.15) is 35.1 Å². The monoisotopic (exact) mass is 320 g/mol. The molecule has 0 radical (unpaired) electrons. The zero-order chi connectivity index (χ0) is 16.7. The molecule has 2 aromatic carbocycles. The largest absolute Gasteiger partial charge is 0.325 e. The summed E-state index contributed by atoms with van der Waals surface area (Å²) in [6.07, 6.45) is 2.53. The zero-order valence-corrected chi connectivity index (χ0v) is 13.7. The lowest BCUT2D eigenvalue weighted by molar-refractivity contribution is -0.132. The Kier molecular flexibility index (Phi) is 3.41. The molecular formula is C20H20N2O2. The van der Waals surface area contributed by atoms with Gasteiger partial charge < -0.3 is 5.32 Å². The molecule has 0 aromatic heterocycles. The van der Waals surface area contributed by atoms with E-state index in [1.54, 1.807) is 0 Å². The Morgan fingerprint density at radius 2 is 1.96 bits per heavy atom. The molecule has 1 unspecified atom stereocenters. The van der Waals surface area contributed by atoms with E-state index < -0.39 is 5.54 Å². The number of aryl methyl sites for hydroxylation is 2. The van der Waals surface area contributed by atoms with Crippen LogP contribution in [0.5, 0.6) is 0 Å². The molecule has 1 heterocycles. The molecule has 0 bridgehead atoms. The van der Waals surface area contributed by atoms with Gasteiger partial charge in [-0.3, -0.25) is 9.69 Å². The van der Waals surface area contributed by atoms with Crippen molar-refractivity contribution < 1.29 is 9.59 Å². The van der Waals surface area contributed by atoms with E-state index in [0.29, 0.717) is 13.0 Å². The SMILES string of the molecule is Cc1cccc(CN2C(=O)NC3(CCCc4ccccc43)C2=O)c1. The molecule has 122 valence electrons. The van der Waals surface area contributed by atoms with Crippen LogP contribution in [0.15, 0.2) is 48.5 Å². The van der Waals surface area contributed by atoms with Crippen molar-refractivity contribution in [1.29, 1.82) is 0 Å². The number of imide groups is 1. The van der Waals surface area contributed by atoms with Crippen LogP contribution < -0.4 is 5.32 Å². The molecule has 1 atom stereocenters. The third-order valence-corrected chi connectivity index (χ3v) is 5.07. The molecule has 4 rings (SSSR count). The van der Waals surface area contributed by atoms with Gasteiger partial charge in [0.1, 0.15) is 5.54 Å². The van der Waals surface area contributed by atoms with Crippen molar-refractivity contribution in [2.45, 2.75) is 38.3 Å². The number of hydrogen-bond donors (Lipinski definition) is 1. The summed E-state index contributed by atoms with van der Waals surface area (Å²) in [5, 5.41) is 3.00. The summed E-state index contributed by atoms with van der Waals surface area (Å²) in [7, 11) is 0. The van der Waals surface area contributed by atoms with E-state index in [0.717, 1.165) is 35.1 Å². The number of nitrogens with zero attached hydrogens (tertiary/aromatic N) is 1. The molecule has 4 nitrogen and oxygen atoms in total. The van der Waals surface area contributed by atoms with E-state index in [9.17, 15) is 9.59 Å². The Labute approximate surface area is 141 Å². The van der Waals surface area contributed by atoms with Gasteiger partial charge in [-0.05, 0) is 42.9 Å². The number of amides is 3. The zero-order valence-electron chi connectivity index (χ0n) is 13.7. The minimum atomic E-state index is -0.879. The molecule has 0 saturated carbocycles. The molecule has 1 fully saturated rings. The van der Waals surface area contributed by atoms with Gasteiger partial charge in [0.15, 0.2) is 0 Å². The number of nitrogens with one attached hydrogen (secondary N) is 1. The third kappa shape index (κ3) is 2.21. The van der Waals surface area contributed by atoms with Crippen LogP contribution in [-0.2, 0) is 23.3 Å². The maximum absolute atomic E-state index is 13.2. The van der Waals surface area contributed by atoms with Crippen LogP contribution >= 0.6 is 0 Å². The molecule has 1 spiro atoms. The molecule has 4 heteroatoms. The van der Waals surface area contributed by atoms with Crippen LogP contribution in [0.3, 0.4) is 0 Å². The van der Waals surface area contributed by atoms with Gasteiger partial charge in [-0.2, -0.15) is 0 Å². The fourth-order valence-electron chi connectivity index (χ4n) is 3.95. The second kappa shape index (κ2) is 5.48. The van der Waals surface area contributed by atoms with Gasteiger partial charge in [0.05, 0.1) is 6.54 Å². The Bertz CT molecular complexity index is 830. The van der Waals surface area contributed by atoms with Crippen molar-refractivity contribution in [2.75, 3.05) is 0 Å². The van der Waals surface area contributed by atoms with E-state index in [-0.39, 0.29) is 11.9 Å². The second-order valence-corrected chi connectivity index (χ2v) is 6.73. The van der Waals surface area contributed by atoms with Gasteiger partial charge in [-0.1, -0.05) is 54.1 Å². The Morgan fingerprint density at radius 3 is 2.79 bits per heavy atom. The standard InChI is InChI=1S/C20H20N2O2/c1-14-6-4-7-15(12-14)13-22-18(23)20(21-19(22)24)11-5-9-16-8-2-3-10-17(16)20/h2-4,6-8,10,12H,5,9,11,13H2,1H3,(H,21,24). The number of benzene rings is 2. The second-order valence-electron chi connectivity index (χ2n) is 6.73. The minimum absolute atomic E-state index is 0.124. The molecule has 2 aliphatic rings. The lowest BCUT2D eigenvalue weighted by Gasteiger charge is -2.33. The van der Waals surface area contributed by atoms with Gasteiger partial charge in [-0.15, -0.1) is 0 Å². The molecule has 24 heavy (non-hydrogen) atoms. The molecular weight excluding hydrogens is 300 g/mol. The molecule has 2 aromatic rings. The Balaban J connectivity index is 1.70. The van der Waals surface area contributed by atoms with Gasteiger partial charge in [0.25, 0.3) is 5.91 Å². The van der Waals surface area contributed by atoms with Crippen LogP contribution in [-0.4, -0.2) is 16.8 Å². The topological polar surface area (TPSA) is 49.4 Å². The first-order valence-electron chi connectivity index (χ1n) is 8.38. The van der Waals surface area contributed by atoms with Crippen LogP contribution in [0, 0.1) is 6.92 Å². The predicted octanol–water partition coefficient (Wildman–Crippen LogP) is 3.28. The smallest absolute Gasteiger partial charge is 0.319 e.